The van der Waals surface area contributed by atoms with Crippen molar-refractivity contribution < 1.29 is 23.4 Å². The van der Waals surface area contributed by atoms with Gasteiger partial charge in [0.05, 0.1) is 21.3 Å². The molecular weight excluding hydrogens is 378 g/mol. The Bertz CT molecular complexity index is 853. The van der Waals surface area contributed by atoms with Crippen LogP contribution in [-0.2, 0) is 5.16 Å². The third-order valence-corrected chi connectivity index (χ3v) is 6.58. The minimum absolute atomic E-state index is 0.143. The summed E-state index contributed by atoms with van der Waals surface area (Å²) in [5.41, 5.74) is 1.37. The molecule has 0 saturated carbocycles. The Morgan fingerprint density at radius 1 is 1.11 bits per heavy atom. The van der Waals surface area contributed by atoms with Crippen molar-refractivity contribution in [1.82, 2.24) is 0 Å². The molecule has 2 rings (SSSR count). The Balaban J connectivity index is 2.66. The van der Waals surface area contributed by atoms with Crippen LogP contribution in [0.5, 0.6) is 17.2 Å². The second-order valence-electron chi connectivity index (χ2n) is 6.86. The summed E-state index contributed by atoms with van der Waals surface area (Å²) in [5, 5.41) is 0.498. The standard InChI is InChI=1S/C22H28FO4P/c1-7-10-22(3,28-20-9-8-15(23)11-17(20)14(2)24)18-12-16(25-4)13-19(26-5)21(18)27-6/h8-9,11-13,28H,7,10H2,1-6H3. The maximum Gasteiger partial charge on any atom is 0.165 e. The van der Waals surface area contributed by atoms with Crippen LogP contribution in [0.25, 0.3) is 0 Å². The first-order chi connectivity index (χ1) is 13.3. The average molecular weight is 406 g/mol. The third kappa shape index (κ3) is 4.64. The van der Waals surface area contributed by atoms with Crippen molar-refractivity contribution >= 4 is 19.7 Å². The minimum atomic E-state index is -0.406. The fraction of sp³-hybridized carbons (Fsp3) is 0.409. The Labute approximate surface area is 168 Å². The van der Waals surface area contributed by atoms with E-state index in [1.807, 2.05) is 6.07 Å². The van der Waals surface area contributed by atoms with Crippen molar-refractivity contribution in [1.29, 1.82) is 0 Å². The molecule has 0 fully saturated rings. The van der Waals surface area contributed by atoms with E-state index in [0.29, 0.717) is 22.8 Å². The molecule has 2 aromatic rings. The van der Waals surface area contributed by atoms with Crippen LogP contribution in [0.15, 0.2) is 30.3 Å². The van der Waals surface area contributed by atoms with Crippen molar-refractivity contribution in [3.05, 3.63) is 47.3 Å². The summed E-state index contributed by atoms with van der Waals surface area (Å²) in [6, 6.07) is 8.19. The summed E-state index contributed by atoms with van der Waals surface area (Å²) < 4.78 is 30.4. The molecule has 0 aliphatic heterocycles. The van der Waals surface area contributed by atoms with E-state index >= 15 is 0 Å². The van der Waals surface area contributed by atoms with Crippen molar-refractivity contribution in [3.63, 3.8) is 0 Å². The number of rotatable bonds is 9. The van der Waals surface area contributed by atoms with Gasteiger partial charge in [0.25, 0.3) is 0 Å². The van der Waals surface area contributed by atoms with E-state index in [-0.39, 0.29) is 19.5 Å². The predicted molar refractivity (Wildman–Crippen MR) is 113 cm³/mol. The zero-order valence-electron chi connectivity index (χ0n) is 17.3. The molecule has 0 bridgehead atoms. The van der Waals surface area contributed by atoms with E-state index in [9.17, 15) is 9.18 Å². The van der Waals surface area contributed by atoms with Gasteiger partial charge in [0.15, 0.2) is 17.3 Å². The molecule has 28 heavy (non-hydrogen) atoms. The number of hydrogen-bond donors (Lipinski definition) is 0. The number of halogens is 1. The molecule has 2 unspecified atom stereocenters. The van der Waals surface area contributed by atoms with Gasteiger partial charge in [0, 0.05) is 22.3 Å². The lowest BCUT2D eigenvalue weighted by Crippen LogP contribution is -2.23. The Kier molecular flexibility index (Phi) is 7.42. The van der Waals surface area contributed by atoms with Gasteiger partial charge in [-0.3, -0.25) is 4.79 Å². The number of Topliss-reactive ketones (excluding diaryl/α,β-unsaturated/α-hetero) is 1. The number of carbonyl (C=O) groups is 1. The van der Waals surface area contributed by atoms with Crippen LogP contribution in [0.3, 0.4) is 0 Å². The first-order valence-corrected chi connectivity index (χ1v) is 10.2. The average Bonchev–Trinajstić information content (AvgIpc) is 2.68. The van der Waals surface area contributed by atoms with Gasteiger partial charge in [-0.05, 0) is 36.8 Å². The molecule has 4 nitrogen and oxygen atoms in total. The zero-order chi connectivity index (χ0) is 20.9. The summed E-state index contributed by atoms with van der Waals surface area (Å²) in [6.45, 7) is 5.72. The first-order valence-electron chi connectivity index (χ1n) is 9.18. The molecule has 0 aromatic heterocycles. The number of methoxy groups -OCH3 is 3. The first kappa shape index (κ1) is 22.2. The Hall–Kier alpha value is -2.13. The van der Waals surface area contributed by atoms with E-state index in [2.05, 4.69) is 13.8 Å². The second-order valence-corrected chi connectivity index (χ2v) is 8.76. The lowest BCUT2D eigenvalue weighted by Gasteiger charge is -2.33. The van der Waals surface area contributed by atoms with Crippen LogP contribution in [0.4, 0.5) is 4.39 Å². The largest absolute Gasteiger partial charge is 0.497 e. The fourth-order valence-electron chi connectivity index (χ4n) is 3.45. The van der Waals surface area contributed by atoms with E-state index < -0.39 is 5.82 Å². The monoisotopic (exact) mass is 406 g/mol. The maximum atomic E-state index is 13.7. The van der Waals surface area contributed by atoms with Crippen LogP contribution in [-0.4, -0.2) is 27.1 Å². The molecule has 0 aliphatic rings. The van der Waals surface area contributed by atoms with Crippen LogP contribution < -0.4 is 19.5 Å². The molecule has 152 valence electrons. The SMILES string of the molecule is CCCC(C)(Pc1ccc(F)cc1C(C)=O)c1cc(OC)cc(OC)c1OC. The van der Waals surface area contributed by atoms with Crippen LogP contribution >= 0.6 is 8.58 Å². The summed E-state index contributed by atoms with van der Waals surface area (Å²) in [4.78, 5) is 12.1. The molecule has 0 aliphatic carbocycles. The highest BCUT2D eigenvalue weighted by atomic mass is 31.1. The van der Waals surface area contributed by atoms with Crippen molar-refractivity contribution in [2.75, 3.05) is 21.3 Å². The van der Waals surface area contributed by atoms with Gasteiger partial charge in [-0.1, -0.05) is 34.9 Å². The topological polar surface area (TPSA) is 44.8 Å². The van der Waals surface area contributed by atoms with Gasteiger partial charge in [-0.2, -0.15) is 0 Å². The summed E-state index contributed by atoms with van der Waals surface area (Å²) in [5.74, 6) is 1.37. The van der Waals surface area contributed by atoms with Crippen LogP contribution in [0.1, 0.15) is 49.5 Å². The second kappa shape index (κ2) is 9.38. The molecule has 0 heterocycles. The Morgan fingerprint density at radius 3 is 2.36 bits per heavy atom. The molecule has 2 atom stereocenters. The molecular formula is C22H28FO4P. The molecule has 0 radical (unpaired) electrons. The quantitative estimate of drug-likeness (QED) is 0.431. The number of carbonyl (C=O) groups excluding carboxylic acids is 1. The molecule has 0 spiro atoms. The van der Waals surface area contributed by atoms with Crippen LogP contribution in [0, 0.1) is 5.82 Å². The maximum absolute atomic E-state index is 13.7. The van der Waals surface area contributed by atoms with E-state index in [1.54, 1.807) is 33.5 Å². The van der Waals surface area contributed by atoms with Gasteiger partial charge in [-0.15, -0.1) is 0 Å². The van der Waals surface area contributed by atoms with Crippen LogP contribution in [0.2, 0.25) is 0 Å². The minimum Gasteiger partial charge on any atom is -0.497 e. The number of benzene rings is 2. The summed E-state index contributed by atoms with van der Waals surface area (Å²) >= 11 is 0. The smallest absolute Gasteiger partial charge is 0.165 e. The molecule has 2 aromatic carbocycles. The zero-order valence-corrected chi connectivity index (χ0v) is 18.3. The van der Waals surface area contributed by atoms with Gasteiger partial charge in [0.2, 0.25) is 0 Å². The summed E-state index contributed by atoms with van der Waals surface area (Å²) in [7, 11) is 5.05. The number of ketones is 1. The number of ether oxygens (including phenoxy) is 3. The van der Waals surface area contributed by atoms with Crippen molar-refractivity contribution in [3.8, 4) is 17.2 Å². The Morgan fingerprint density at radius 2 is 1.82 bits per heavy atom. The lowest BCUT2D eigenvalue weighted by atomic mass is 9.93. The van der Waals surface area contributed by atoms with Crippen molar-refractivity contribution in [2.24, 2.45) is 0 Å². The highest BCUT2D eigenvalue weighted by Crippen LogP contribution is 2.52. The molecule has 0 saturated heterocycles. The van der Waals surface area contributed by atoms with Gasteiger partial charge >= 0.3 is 0 Å². The highest BCUT2D eigenvalue weighted by Gasteiger charge is 2.33. The van der Waals surface area contributed by atoms with Gasteiger partial charge in [-0.25, -0.2) is 4.39 Å². The summed E-state index contributed by atoms with van der Waals surface area (Å²) in [6.07, 6.45) is 1.79. The lowest BCUT2D eigenvalue weighted by molar-refractivity contribution is 0.101. The van der Waals surface area contributed by atoms with Crippen molar-refractivity contribution in [2.45, 2.75) is 38.8 Å². The normalized spacial score (nSPS) is 13.4. The predicted octanol–water partition coefficient (Wildman–Crippen LogP) is 5.07. The van der Waals surface area contributed by atoms with Gasteiger partial charge < -0.3 is 14.2 Å². The number of hydrogen-bond acceptors (Lipinski definition) is 4. The molecule has 0 amide bonds. The van der Waals surface area contributed by atoms with E-state index in [1.165, 1.54) is 19.1 Å². The van der Waals surface area contributed by atoms with E-state index in [0.717, 1.165) is 23.7 Å². The fourth-order valence-corrected chi connectivity index (χ4v) is 5.28. The molecule has 0 N–H and O–H groups in total. The third-order valence-electron chi connectivity index (χ3n) is 4.80. The van der Waals surface area contributed by atoms with Gasteiger partial charge in [0.1, 0.15) is 11.6 Å². The van der Waals surface area contributed by atoms with E-state index in [4.69, 9.17) is 14.2 Å². The molecule has 6 heteroatoms. The highest BCUT2D eigenvalue weighted by molar-refractivity contribution is 7.48.